The summed E-state index contributed by atoms with van der Waals surface area (Å²) in [5.74, 6) is 0.128. The van der Waals surface area contributed by atoms with Gasteiger partial charge in [-0.25, -0.2) is 5.43 Å². The molecule has 27 heavy (non-hydrogen) atoms. The van der Waals surface area contributed by atoms with Crippen LogP contribution in [0, 0.1) is 0 Å². The van der Waals surface area contributed by atoms with Gasteiger partial charge in [0.1, 0.15) is 18.1 Å². The van der Waals surface area contributed by atoms with Gasteiger partial charge in [0.15, 0.2) is 0 Å². The first-order valence-electron chi connectivity index (χ1n) is 8.20. The predicted molar refractivity (Wildman–Crippen MR) is 108 cm³/mol. The monoisotopic (exact) mass is 380 g/mol. The quantitative estimate of drug-likeness (QED) is 0.490. The fourth-order valence-electron chi connectivity index (χ4n) is 2.47. The molecule has 5 nitrogen and oxygen atoms in total. The molecule has 0 bridgehead atoms. The van der Waals surface area contributed by atoms with Crippen molar-refractivity contribution in [2.45, 2.75) is 0 Å². The number of hydrogen-bond acceptors (Lipinski definition) is 4. The van der Waals surface area contributed by atoms with Crippen LogP contribution in [-0.2, 0) is 0 Å². The van der Waals surface area contributed by atoms with Crippen molar-refractivity contribution in [3.63, 3.8) is 0 Å². The lowest BCUT2D eigenvalue weighted by atomic mass is 10.1. The number of rotatable bonds is 6. The Morgan fingerprint density at radius 3 is 2.52 bits per heavy atom. The molecule has 0 atom stereocenters. The maximum Gasteiger partial charge on any atom is 0.275 e. The minimum Gasteiger partial charge on any atom is -0.507 e. The number of hydrazone groups is 1. The van der Waals surface area contributed by atoms with Crippen LogP contribution in [0.25, 0.3) is 10.8 Å². The summed E-state index contributed by atoms with van der Waals surface area (Å²) in [7, 11) is 0. The number of benzene rings is 3. The molecule has 0 aromatic heterocycles. The van der Waals surface area contributed by atoms with Gasteiger partial charge in [-0.3, -0.25) is 4.79 Å². The molecule has 1 amide bonds. The van der Waals surface area contributed by atoms with Gasteiger partial charge in [0, 0.05) is 5.54 Å². The van der Waals surface area contributed by atoms with Gasteiger partial charge in [-0.2, -0.15) is 5.10 Å². The van der Waals surface area contributed by atoms with Crippen LogP contribution in [-0.4, -0.2) is 23.8 Å². The first-order valence-corrected chi connectivity index (χ1v) is 8.64. The second kappa shape index (κ2) is 8.87. The summed E-state index contributed by atoms with van der Waals surface area (Å²) in [6, 6.07) is 17.9. The first kappa shape index (κ1) is 18.5. The van der Waals surface area contributed by atoms with Crippen molar-refractivity contribution in [2.75, 3.05) is 6.61 Å². The minimum atomic E-state index is -0.484. The Morgan fingerprint density at radius 1 is 1.11 bits per heavy atom. The summed E-state index contributed by atoms with van der Waals surface area (Å²) >= 11 is 5.43. The second-order valence-corrected chi connectivity index (χ2v) is 5.91. The highest BCUT2D eigenvalue weighted by molar-refractivity contribution is 6.25. The number of fused-ring (bicyclic) bond motifs is 1. The third kappa shape index (κ3) is 4.86. The van der Waals surface area contributed by atoms with Crippen LogP contribution in [0.1, 0.15) is 15.9 Å². The van der Waals surface area contributed by atoms with Gasteiger partial charge < -0.3 is 9.84 Å². The summed E-state index contributed by atoms with van der Waals surface area (Å²) in [5, 5.41) is 15.7. The molecule has 3 rings (SSSR count). The van der Waals surface area contributed by atoms with E-state index in [4.69, 9.17) is 16.3 Å². The number of phenolic OH excluding ortho intramolecular Hbond substituents is 1. The predicted octanol–water partition coefficient (Wildman–Crippen LogP) is 4.44. The lowest BCUT2D eigenvalue weighted by Gasteiger charge is -2.06. The standard InChI is InChI=1S/C21H17ClN2O3/c22-10-3-11-27-18-8-6-15(7-9-18)14-23-24-21(26)19-12-16-4-1-2-5-17(16)13-20(19)25/h1-10,12-14,25H,11H2,(H,24,26). The highest BCUT2D eigenvalue weighted by Crippen LogP contribution is 2.24. The summed E-state index contributed by atoms with van der Waals surface area (Å²) < 4.78 is 5.44. The molecule has 3 aromatic carbocycles. The molecular weight excluding hydrogens is 364 g/mol. The zero-order valence-electron chi connectivity index (χ0n) is 14.3. The van der Waals surface area contributed by atoms with Crippen LogP contribution < -0.4 is 10.2 Å². The normalized spacial score (nSPS) is 11.3. The summed E-state index contributed by atoms with van der Waals surface area (Å²) in [5.41, 5.74) is 4.78. The highest BCUT2D eigenvalue weighted by Gasteiger charge is 2.11. The fraction of sp³-hybridized carbons (Fsp3) is 0.0476. The van der Waals surface area contributed by atoms with Crippen molar-refractivity contribution >= 4 is 34.5 Å². The Hall–Kier alpha value is -3.31. The molecule has 0 spiro atoms. The zero-order valence-corrected chi connectivity index (χ0v) is 15.1. The average molecular weight is 381 g/mol. The molecule has 0 saturated heterocycles. The lowest BCUT2D eigenvalue weighted by Crippen LogP contribution is -2.17. The number of carbonyl (C=O) groups excluding carboxylic acids is 1. The van der Waals surface area contributed by atoms with Gasteiger partial charge >= 0.3 is 0 Å². The summed E-state index contributed by atoms with van der Waals surface area (Å²) in [4.78, 5) is 12.3. The van der Waals surface area contributed by atoms with Crippen molar-refractivity contribution in [3.8, 4) is 11.5 Å². The van der Waals surface area contributed by atoms with E-state index in [0.29, 0.717) is 12.4 Å². The third-order valence-electron chi connectivity index (χ3n) is 3.80. The Bertz CT molecular complexity index is 998. The number of nitrogens with one attached hydrogen (secondary N) is 1. The fourth-order valence-corrected chi connectivity index (χ4v) is 2.54. The molecule has 136 valence electrons. The van der Waals surface area contributed by atoms with E-state index in [1.54, 1.807) is 30.3 Å². The maximum atomic E-state index is 12.3. The molecule has 0 unspecified atom stereocenters. The van der Waals surface area contributed by atoms with Gasteiger partial charge in [-0.15, -0.1) is 0 Å². The van der Waals surface area contributed by atoms with Crippen molar-refractivity contribution < 1.29 is 14.6 Å². The number of ether oxygens (including phenoxy) is 1. The molecule has 0 aliphatic carbocycles. The number of amides is 1. The van der Waals surface area contributed by atoms with E-state index < -0.39 is 5.91 Å². The van der Waals surface area contributed by atoms with Gasteiger partial charge in [0.2, 0.25) is 0 Å². The topological polar surface area (TPSA) is 70.9 Å². The summed E-state index contributed by atoms with van der Waals surface area (Å²) in [6.07, 6.45) is 3.20. The van der Waals surface area contributed by atoms with Gasteiger partial charge in [-0.1, -0.05) is 35.9 Å². The number of phenols is 1. The molecule has 0 fully saturated rings. The van der Waals surface area contributed by atoms with Crippen molar-refractivity contribution in [1.82, 2.24) is 5.43 Å². The second-order valence-electron chi connectivity index (χ2n) is 5.66. The molecule has 0 aliphatic rings. The molecule has 0 aliphatic heterocycles. The Kier molecular flexibility index (Phi) is 6.07. The minimum absolute atomic E-state index is 0.0890. The van der Waals surface area contributed by atoms with Crippen LogP contribution in [0.5, 0.6) is 11.5 Å². The number of hydrogen-bond donors (Lipinski definition) is 2. The lowest BCUT2D eigenvalue weighted by molar-refractivity contribution is 0.0952. The molecule has 0 heterocycles. The maximum absolute atomic E-state index is 12.3. The Labute approximate surface area is 161 Å². The third-order valence-corrected chi connectivity index (χ3v) is 3.98. The van der Waals surface area contributed by atoms with Crippen molar-refractivity contribution in [2.24, 2.45) is 5.10 Å². The Balaban J connectivity index is 1.64. The van der Waals surface area contributed by atoms with Gasteiger partial charge in [0.05, 0.1) is 11.8 Å². The highest BCUT2D eigenvalue weighted by atomic mass is 35.5. The van der Waals surface area contributed by atoms with E-state index in [1.165, 1.54) is 11.7 Å². The van der Waals surface area contributed by atoms with Crippen molar-refractivity contribution in [3.05, 3.63) is 83.4 Å². The van der Waals surface area contributed by atoms with E-state index >= 15 is 0 Å². The SMILES string of the molecule is O=C(NN=Cc1ccc(OCC=CCl)cc1)c1cc2ccccc2cc1O. The molecule has 0 saturated carbocycles. The number of halogens is 1. The average Bonchev–Trinajstić information content (AvgIpc) is 2.68. The van der Waals surface area contributed by atoms with Crippen LogP contribution in [0.3, 0.4) is 0 Å². The largest absolute Gasteiger partial charge is 0.507 e. The first-order chi connectivity index (χ1) is 13.2. The molecule has 0 radical (unpaired) electrons. The number of aromatic hydroxyl groups is 1. The van der Waals surface area contributed by atoms with E-state index in [1.807, 2.05) is 36.4 Å². The van der Waals surface area contributed by atoms with Gasteiger partial charge in [0.25, 0.3) is 5.91 Å². The molecule has 3 aromatic rings. The van der Waals surface area contributed by atoms with E-state index in [9.17, 15) is 9.90 Å². The molecule has 6 heteroatoms. The number of carbonyl (C=O) groups is 1. The zero-order chi connectivity index (χ0) is 19.1. The Morgan fingerprint density at radius 2 is 1.81 bits per heavy atom. The van der Waals surface area contributed by atoms with Crippen LogP contribution in [0.15, 0.2) is 77.4 Å². The van der Waals surface area contributed by atoms with E-state index in [-0.39, 0.29) is 11.3 Å². The molecule has 2 N–H and O–H groups in total. The van der Waals surface area contributed by atoms with E-state index in [2.05, 4.69) is 10.5 Å². The smallest absolute Gasteiger partial charge is 0.275 e. The number of nitrogens with zero attached hydrogens (tertiary/aromatic N) is 1. The van der Waals surface area contributed by atoms with Crippen LogP contribution in [0.2, 0.25) is 0 Å². The summed E-state index contributed by atoms with van der Waals surface area (Å²) in [6.45, 7) is 0.391. The van der Waals surface area contributed by atoms with Gasteiger partial charge in [-0.05, 0) is 58.8 Å². The van der Waals surface area contributed by atoms with E-state index in [0.717, 1.165) is 16.3 Å². The molecular formula is C21H17ClN2O3. The van der Waals surface area contributed by atoms with Crippen LogP contribution in [0.4, 0.5) is 0 Å². The van der Waals surface area contributed by atoms with Crippen LogP contribution >= 0.6 is 11.6 Å². The van der Waals surface area contributed by atoms with Crippen molar-refractivity contribution in [1.29, 1.82) is 0 Å².